The largest absolute Gasteiger partial charge is 0.508 e. The van der Waals surface area contributed by atoms with Crippen LogP contribution in [0.1, 0.15) is 30.7 Å². The van der Waals surface area contributed by atoms with Crippen molar-refractivity contribution >= 4 is 23.7 Å². The Labute approximate surface area is 316 Å². The third kappa shape index (κ3) is 7.77. The Balaban J connectivity index is 1.13. The van der Waals surface area contributed by atoms with Gasteiger partial charge in [0.1, 0.15) is 29.6 Å². The smallest absolute Gasteiger partial charge is 0.334 e. The molecular weight excluding hydrogens is 689 g/mol. The van der Waals surface area contributed by atoms with Crippen molar-refractivity contribution in [3.8, 4) is 5.75 Å². The molecule has 3 aromatic rings. The summed E-state index contributed by atoms with van der Waals surface area (Å²) in [6, 6.07) is 18.5. The van der Waals surface area contributed by atoms with Crippen molar-refractivity contribution in [2.75, 3.05) is 63.8 Å². The second kappa shape index (κ2) is 16.1. The fourth-order valence-corrected chi connectivity index (χ4v) is 8.23. The van der Waals surface area contributed by atoms with E-state index in [0.717, 1.165) is 56.7 Å². The van der Waals surface area contributed by atoms with Gasteiger partial charge in [-0.3, -0.25) is 19.4 Å². The van der Waals surface area contributed by atoms with E-state index >= 15 is 4.39 Å². The summed E-state index contributed by atoms with van der Waals surface area (Å²) in [6.07, 6.45) is 0.592. The van der Waals surface area contributed by atoms with Crippen molar-refractivity contribution in [3.63, 3.8) is 0 Å². The van der Waals surface area contributed by atoms with E-state index in [9.17, 15) is 19.5 Å². The third-order valence-electron chi connectivity index (χ3n) is 11.2. The number of phenols is 1. The molecule has 4 aliphatic rings. The van der Waals surface area contributed by atoms with Gasteiger partial charge in [0.15, 0.2) is 0 Å². The van der Waals surface area contributed by atoms with Crippen molar-refractivity contribution < 1.29 is 23.9 Å². The van der Waals surface area contributed by atoms with Gasteiger partial charge in [-0.15, -0.1) is 6.58 Å². The molecule has 1 aromatic heterocycles. The number of rotatable bonds is 11. The number of aromatic hydroxyl groups is 1. The second-order valence-corrected chi connectivity index (χ2v) is 14.6. The SMILES string of the molecule is C=CCN1CC(=O)N2[C@@H](Cc3ccc(O)cc3F)C(=O)N(Cc3cccc(N4CC(N5CCN(CC)[C@@H](C)C5)C4)n3)C[C@@H]2N1C(=O)NCc1ccccc1. The van der Waals surface area contributed by atoms with Gasteiger partial charge in [0.2, 0.25) is 11.8 Å². The quantitative estimate of drug-likeness (QED) is 0.287. The molecule has 4 amide bonds. The predicted octanol–water partition coefficient (Wildman–Crippen LogP) is 2.88. The van der Waals surface area contributed by atoms with Gasteiger partial charge in [-0.2, -0.15) is 0 Å². The minimum atomic E-state index is -1.11. The van der Waals surface area contributed by atoms with Crippen molar-refractivity contribution in [1.29, 1.82) is 0 Å². The number of carbonyl (C=O) groups is 3. The average molecular weight is 740 g/mol. The Kier molecular flexibility index (Phi) is 11.1. The number of nitrogens with zero attached hydrogens (tertiary/aromatic N) is 8. The molecule has 2 N–H and O–H groups in total. The van der Waals surface area contributed by atoms with Crippen LogP contribution in [-0.4, -0.2) is 141 Å². The molecule has 0 spiro atoms. The molecule has 2 aromatic carbocycles. The normalized spacial score (nSPS) is 23.0. The first kappa shape index (κ1) is 37.3. The Morgan fingerprint density at radius 3 is 2.56 bits per heavy atom. The summed E-state index contributed by atoms with van der Waals surface area (Å²) in [5, 5.41) is 16.0. The molecule has 13 nitrogen and oxygen atoms in total. The molecule has 14 heteroatoms. The van der Waals surface area contributed by atoms with Crippen LogP contribution >= 0.6 is 0 Å². The van der Waals surface area contributed by atoms with E-state index in [1.54, 1.807) is 16.0 Å². The van der Waals surface area contributed by atoms with Gasteiger partial charge >= 0.3 is 6.03 Å². The Hall–Kier alpha value is -5.05. The van der Waals surface area contributed by atoms with Gasteiger partial charge in [-0.25, -0.2) is 24.2 Å². The van der Waals surface area contributed by atoms with Gasteiger partial charge in [0, 0.05) is 70.4 Å². The fourth-order valence-electron chi connectivity index (χ4n) is 8.23. The highest BCUT2D eigenvalue weighted by Gasteiger charge is 2.51. The molecule has 0 bridgehead atoms. The molecule has 286 valence electrons. The zero-order valence-corrected chi connectivity index (χ0v) is 31.1. The minimum absolute atomic E-state index is 0.0190. The van der Waals surface area contributed by atoms with Crippen LogP contribution in [-0.2, 0) is 29.1 Å². The minimum Gasteiger partial charge on any atom is -0.508 e. The fraction of sp³-hybridized carbons (Fsp3) is 0.450. The zero-order valence-electron chi connectivity index (χ0n) is 31.1. The average Bonchev–Trinajstić information content (AvgIpc) is 3.13. The summed E-state index contributed by atoms with van der Waals surface area (Å²) in [4.78, 5) is 57.8. The van der Waals surface area contributed by atoms with Crippen molar-refractivity contribution in [1.82, 2.24) is 39.9 Å². The number of hydrogen-bond acceptors (Lipinski definition) is 9. The molecule has 5 heterocycles. The molecule has 0 unspecified atom stereocenters. The maximum atomic E-state index is 15.2. The molecule has 0 radical (unpaired) electrons. The number of likely N-dealkylation sites (N-methyl/N-ethyl adjacent to an activating group) is 1. The zero-order chi connectivity index (χ0) is 37.9. The summed E-state index contributed by atoms with van der Waals surface area (Å²) in [5.41, 5.74) is 1.74. The van der Waals surface area contributed by atoms with Crippen LogP contribution in [0.5, 0.6) is 5.75 Å². The molecule has 4 aliphatic heterocycles. The van der Waals surface area contributed by atoms with Gasteiger partial charge < -0.3 is 25.1 Å². The van der Waals surface area contributed by atoms with Crippen LogP contribution < -0.4 is 10.2 Å². The Bertz CT molecular complexity index is 1840. The number of amides is 4. The van der Waals surface area contributed by atoms with Crippen LogP contribution in [0.15, 0.2) is 79.4 Å². The third-order valence-corrected chi connectivity index (χ3v) is 11.2. The number of halogens is 1. The van der Waals surface area contributed by atoms with E-state index in [4.69, 9.17) is 4.98 Å². The molecule has 4 saturated heterocycles. The summed E-state index contributed by atoms with van der Waals surface area (Å²) < 4.78 is 15.2. The topological polar surface area (TPSA) is 119 Å². The number of piperazine rings is 2. The van der Waals surface area contributed by atoms with Crippen molar-refractivity contribution in [2.24, 2.45) is 0 Å². The van der Waals surface area contributed by atoms with Crippen LogP contribution in [0.25, 0.3) is 0 Å². The van der Waals surface area contributed by atoms with Gasteiger partial charge in [-0.05, 0) is 42.8 Å². The number of pyridine rings is 1. The first-order valence-electron chi connectivity index (χ1n) is 18.9. The van der Waals surface area contributed by atoms with Crippen molar-refractivity contribution in [2.45, 2.75) is 57.6 Å². The highest BCUT2D eigenvalue weighted by molar-refractivity contribution is 5.91. The number of hydrogen-bond donors (Lipinski definition) is 2. The van der Waals surface area contributed by atoms with E-state index in [1.165, 1.54) is 22.0 Å². The van der Waals surface area contributed by atoms with Crippen LogP contribution in [0.3, 0.4) is 0 Å². The number of fused-ring (bicyclic) bond motifs is 1. The lowest BCUT2D eigenvalue weighted by Gasteiger charge is -2.55. The predicted molar refractivity (Wildman–Crippen MR) is 202 cm³/mol. The summed E-state index contributed by atoms with van der Waals surface area (Å²) >= 11 is 0. The van der Waals surface area contributed by atoms with E-state index in [-0.39, 0.29) is 62.3 Å². The first-order chi connectivity index (χ1) is 26.1. The molecule has 4 fully saturated rings. The number of nitrogens with one attached hydrogen (secondary N) is 1. The van der Waals surface area contributed by atoms with E-state index < -0.39 is 24.1 Å². The highest BCUT2D eigenvalue weighted by atomic mass is 19.1. The standard InChI is InChI=1S/C40H50FN9O4/c1-4-16-48-27-38(52)49-35(19-30-14-15-33(51)20-34(30)41)39(53)47(26-37(49)50(48)40(54)42-21-29-10-7-6-8-11-29)23-31-12-9-13-36(43-31)46-24-32(25-46)45-18-17-44(5-2)28(3)22-45/h4,6-15,20,28,32,35,37,51H,1,5,16-19,21-27H2,2-3H3,(H,42,54)/t28-,35-,37-/m0/s1. The van der Waals surface area contributed by atoms with E-state index in [0.29, 0.717) is 17.8 Å². The van der Waals surface area contributed by atoms with Crippen LogP contribution in [0, 0.1) is 5.82 Å². The van der Waals surface area contributed by atoms with E-state index in [2.05, 4.69) is 40.4 Å². The number of hydrazine groups is 1. The number of phenolic OH excluding ortho intramolecular Hbond substituents is 1. The number of aromatic nitrogens is 1. The molecular formula is C40H50FN9O4. The Morgan fingerprint density at radius 2 is 1.83 bits per heavy atom. The lowest BCUT2D eigenvalue weighted by atomic mass is 9.98. The van der Waals surface area contributed by atoms with Crippen LogP contribution in [0.2, 0.25) is 0 Å². The lowest BCUT2D eigenvalue weighted by molar-refractivity contribution is -0.189. The summed E-state index contributed by atoms with van der Waals surface area (Å²) in [6.45, 7) is 14.8. The second-order valence-electron chi connectivity index (χ2n) is 14.6. The van der Waals surface area contributed by atoms with E-state index in [1.807, 2.05) is 48.5 Å². The van der Waals surface area contributed by atoms with Crippen LogP contribution in [0.4, 0.5) is 15.0 Å². The van der Waals surface area contributed by atoms with Gasteiger partial charge in [-0.1, -0.05) is 55.5 Å². The summed E-state index contributed by atoms with van der Waals surface area (Å²) in [7, 11) is 0. The van der Waals surface area contributed by atoms with Gasteiger partial charge in [0.25, 0.3) is 0 Å². The first-order valence-corrected chi connectivity index (χ1v) is 18.9. The number of benzene rings is 2. The monoisotopic (exact) mass is 739 g/mol. The maximum absolute atomic E-state index is 15.2. The molecule has 0 aliphatic carbocycles. The number of anilines is 1. The molecule has 3 atom stereocenters. The van der Waals surface area contributed by atoms with Gasteiger partial charge in [0.05, 0.1) is 25.3 Å². The van der Waals surface area contributed by atoms with Crippen molar-refractivity contribution in [3.05, 3.63) is 102 Å². The highest BCUT2D eigenvalue weighted by Crippen LogP contribution is 2.31. The maximum Gasteiger partial charge on any atom is 0.334 e. The Morgan fingerprint density at radius 1 is 1.04 bits per heavy atom. The number of carbonyl (C=O) groups excluding carboxylic acids is 3. The molecule has 54 heavy (non-hydrogen) atoms. The molecule has 0 saturated carbocycles. The molecule has 7 rings (SSSR count). The lowest BCUT2D eigenvalue weighted by Crippen LogP contribution is -2.76. The number of urea groups is 1. The summed E-state index contributed by atoms with van der Waals surface area (Å²) in [5.74, 6) is -0.816.